The fourth-order valence-corrected chi connectivity index (χ4v) is 2.10. The van der Waals surface area contributed by atoms with Gasteiger partial charge in [0.05, 0.1) is 19.6 Å². The quantitative estimate of drug-likeness (QED) is 0.330. The topological polar surface area (TPSA) is 40.1 Å². The van der Waals surface area contributed by atoms with Crippen molar-refractivity contribution in [3.63, 3.8) is 0 Å². The average molecular weight is 488 g/mol. The summed E-state index contributed by atoms with van der Waals surface area (Å²) in [4.78, 5) is 7.49. The van der Waals surface area contributed by atoms with E-state index in [0.29, 0.717) is 32.2 Å². The van der Waals surface area contributed by atoms with Crippen molar-refractivity contribution in [3.8, 4) is 5.75 Å². The molecule has 1 aromatic carbocycles. The van der Waals surface area contributed by atoms with Gasteiger partial charge in [-0.1, -0.05) is 18.2 Å². The van der Waals surface area contributed by atoms with Gasteiger partial charge in [0.2, 0.25) is 0 Å². The molecule has 0 heterocycles. The van der Waals surface area contributed by atoms with Gasteiger partial charge in [0.1, 0.15) is 12.4 Å². The van der Waals surface area contributed by atoms with E-state index in [4.69, 9.17) is 4.74 Å². The molecule has 0 spiro atoms. The maximum atomic E-state index is 12.3. The van der Waals surface area contributed by atoms with Gasteiger partial charge in [-0.25, -0.2) is 0 Å². The van der Waals surface area contributed by atoms with Crippen molar-refractivity contribution in [2.24, 2.45) is 4.99 Å². The molecule has 1 N–H and O–H groups in total. The van der Waals surface area contributed by atoms with Gasteiger partial charge in [0.15, 0.2) is 5.96 Å². The Kier molecular flexibility index (Phi) is 12.4. The van der Waals surface area contributed by atoms with Crippen molar-refractivity contribution < 1.29 is 17.9 Å². The highest BCUT2D eigenvalue weighted by Gasteiger charge is 2.28. The molecule has 0 unspecified atom stereocenters. The molecule has 0 aliphatic carbocycles. The van der Waals surface area contributed by atoms with Crippen LogP contribution in [0.2, 0.25) is 0 Å². The molecule has 0 aromatic heterocycles. The van der Waals surface area contributed by atoms with Crippen LogP contribution in [0.5, 0.6) is 5.75 Å². The number of para-hydroxylation sites is 1. The molecule has 0 saturated carbocycles. The zero-order valence-corrected chi connectivity index (χ0v) is 17.8. The Bertz CT molecular complexity index is 514. The number of nitrogens with one attached hydrogen (secondary N) is 1. The molecule has 1 rings (SSSR count). The molecule has 0 amide bonds. The van der Waals surface area contributed by atoms with Gasteiger partial charge in [-0.3, -0.25) is 9.89 Å². The Morgan fingerprint density at radius 3 is 2.38 bits per heavy atom. The van der Waals surface area contributed by atoms with Crippen molar-refractivity contribution in [2.45, 2.75) is 13.1 Å². The number of ether oxygens (including phenoxy) is 1. The second-order valence-corrected chi connectivity index (χ2v) is 5.67. The van der Waals surface area contributed by atoms with Crippen LogP contribution in [0.25, 0.3) is 0 Å². The lowest BCUT2D eigenvalue weighted by Gasteiger charge is -2.23. The minimum Gasteiger partial charge on any atom is -0.492 e. The van der Waals surface area contributed by atoms with Gasteiger partial charge >= 0.3 is 6.18 Å². The molecule has 0 atom stereocenters. The van der Waals surface area contributed by atoms with E-state index >= 15 is 0 Å². The van der Waals surface area contributed by atoms with E-state index in [9.17, 15) is 13.2 Å². The normalized spacial score (nSPS) is 11.9. The average Bonchev–Trinajstić information content (AvgIpc) is 2.53. The van der Waals surface area contributed by atoms with Crippen LogP contribution in [0.3, 0.4) is 0 Å². The number of benzene rings is 1. The Morgan fingerprint density at radius 1 is 1.15 bits per heavy atom. The monoisotopic (exact) mass is 488 g/mol. The highest BCUT2D eigenvalue weighted by atomic mass is 127. The fraction of sp³-hybridized carbons (Fsp3) is 0.588. The molecule has 0 saturated heterocycles. The first-order chi connectivity index (χ1) is 11.8. The SMILES string of the molecule is CCNC(=NCCN(C)CC(F)(F)F)N(C)CCOc1ccccc1.I. The molecule has 0 bridgehead atoms. The van der Waals surface area contributed by atoms with Gasteiger partial charge in [0.25, 0.3) is 0 Å². The fourth-order valence-electron chi connectivity index (χ4n) is 2.10. The number of hydrogen-bond acceptors (Lipinski definition) is 3. The van der Waals surface area contributed by atoms with Crippen LogP contribution in [0.1, 0.15) is 6.92 Å². The first kappa shape index (κ1) is 24.8. The second-order valence-electron chi connectivity index (χ2n) is 5.67. The van der Waals surface area contributed by atoms with E-state index in [0.717, 1.165) is 5.75 Å². The summed E-state index contributed by atoms with van der Waals surface area (Å²) in [7, 11) is 3.31. The van der Waals surface area contributed by atoms with Crippen LogP contribution >= 0.6 is 24.0 Å². The third-order valence-electron chi connectivity index (χ3n) is 3.33. The van der Waals surface area contributed by atoms with Crippen LogP contribution in [0, 0.1) is 0 Å². The van der Waals surface area contributed by atoms with Crippen LogP contribution in [-0.2, 0) is 0 Å². The second kappa shape index (κ2) is 13.0. The molecule has 0 fully saturated rings. The number of aliphatic imine (C=N–C) groups is 1. The van der Waals surface area contributed by atoms with E-state index in [2.05, 4.69) is 10.3 Å². The molecule has 5 nitrogen and oxygen atoms in total. The minimum atomic E-state index is -4.19. The van der Waals surface area contributed by atoms with Crippen molar-refractivity contribution >= 4 is 29.9 Å². The lowest BCUT2D eigenvalue weighted by molar-refractivity contribution is -0.142. The predicted octanol–water partition coefficient (Wildman–Crippen LogP) is 3.07. The van der Waals surface area contributed by atoms with Gasteiger partial charge in [-0.05, 0) is 26.1 Å². The van der Waals surface area contributed by atoms with Crippen LogP contribution in [0.15, 0.2) is 35.3 Å². The third-order valence-corrected chi connectivity index (χ3v) is 3.33. The number of likely N-dealkylation sites (N-methyl/N-ethyl adjacent to an activating group) is 2. The molecule has 0 aliphatic rings. The van der Waals surface area contributed by atoms with E-state index in [1.165, 1.54) is 11.9 Å². The number of rotatable bonds is 9. The van der Waals surface area contributed by atoms with E-state index in [1.807, 2.05) is 49.2 Å². The summed E-state index contributed by atoms with van der Waals surface area (Å²) in [5.41, 5.74) is 0. The molecule has 0 radical (unpaired) electrons. The van der Waals surface area contributed by atoms with Crippen LogP contribution < -0.4 is 10.1 Å². The zero-order chi connectivity index (χ0) is 18.7. The minimum absolute atomic E-state index is 0. The summed E-state index contributed by atoms with van der Waals surface area (Å²) in [6.45, 7) is 3.32. The number of nitrogens with zero attached hydrogens (tertiary/aromatic N) is 3. The predicted molar refractivity (Wildman–Crippen MR) is 110 cm³/mol. The molecule has 1 aromatic rings. The summed E-state index contributed by atoms with van der Waals surface area (Å²) >= 11 is 0. The molecule has 9 heteroatoms. The van der Waals surface area contributed by atoms with Crippen molar-refractivity contribution in [1.29, 1.82) is 0 Å². The highest BCUT2D eigenvalue weighted by molar-refractivity contribution is 14.0. The Hall–Kier alpha value is -1.23. The van der Waals surface area contributed by atoms with Crippen molar-refractivity contribution in [1.82, 2.24) is 15.1 Å². The van der Waals surface area contributed by atoms with Gasteiger partial charge < -0.3 is 15.0 Å². The first-order valence-corrected chi connectivity index (χ1v) is 8.24. The number of alkyl halides is 3. The van der Waals surface area contributed by atoms with Crippen LogP contribution in [0.4, 0.5) is 13.2 Å². The zero-order valence-electron chi connectivity index (χ0n) is 15.4. The molecular formula is C17H28F3IN4O. The smallest absolute Gasteiger partial charge is 0.401 e. The first-order valence-electron chi connectivity index (χ1n) is 8.24. The summed E-state index contributed by atoms with van der Waals surface area (Å²) in [6.07, 6.45) is -4.19. The standard InChI is InChI=1S/C17H27F3N4O.HI/c1-4-21-16(22-10-11-23(2)14-17(18,19)20)24(3)12-13-25-15-8-6-5-7-9-15;/h5-9H,4,10-14H2,1-3H3,(H,21,22);1H. The van der Waals surface area contributed by atoms with Crippen LogP contribution in [-0.4, -0.2) is 75.4 Å². The highest BCUT2D eigenvalue weighted by Crippen LogP contribution is 2.15. The molecule has 26 heavy (non-hydrogen) atoms. The summed E-state index contributed by atoms with van der Waals surface area (Å²) in [5.74, 6) is 1.45. The largest absolute Gasteiger partial charge is 0.492 e. The summed E-state index contributed by atoms with van der Waals surface area (Å²) in [6, 6.07) is 9.50. The maximum Gasteiger partial charge on any atom is 0.401 e. The Labute approximate surface area is 170 Å². The Balaban J connectivity index is 0.00000625. The molecule has 150 valence electrons. The molecule has 0 aliphatic heterocycles. The maximum absolute atomic E-state index is 12.3. The number of guanidine groups is 1. The van der Waals surface area contributed by atoms with Gasteiger partial charge in [-0.15, -0.1) is 24.0 Å². The van der Waals surface area contributed by atoms with Gasteiger partial charge in [-0.2, -0.15) is 13.2 Å². The number of hydrogen-bond donors (Lipinski definition) is 1. The van der Waals surface area contributed by atoms with Gasteiger partial charge in [0, 0.05) is 20.1 Å². The van der Waals surface area contributed by atoms with Crippen molar-refractivity contribution in [3.05, 3.63) is 30.3 Å². The lowest BCUT2D eigenvalue weighted by atomic mass is 10.3. The Morgan fingerprint density at radius 2 is 1.81 bits per heavy atom. The molecular weight excluding hydrogens is 460 g/mol. The number of halogens is 4. The van der Waals surface area contributed by atoms with E-state index in [-0.39, 0.29) is 30.5 Å². The summed E-state index contributed by atoms with van der Waals surface area (Å²) in [5, 5.41) is 3.13. The third kappa shape index (κ3) is 11.4. The van der Waals surface area contributed by atoms with E-state index < -0.39 is 12.7 Å². The van der Waals surface area contributed by atoms with E-state index in [1.54, 1.807) is 0 Å². The lowest BCUT2D eigenvalue weighted by Crippen LogP contribution is -2.41. The van der Waals surface area contributed by atoms with Crippen molar-refractivity contribution in [2.75, 3.05) is 53.4 Å². The summed E-state index contributed by atoms with van der Waals surface area (Å²) < 4.78 is 42.6.